The van der Waals surface area contributed by atoms with E-state index in [1.807, 2.05) is 18.2 Å². The topological polar surface area (TPSA) is 52.6 Å². The number of hydrogen-bond acceptors (Lipinski definition) is 3. The zero-order valence-electron chi connectivity index (χ0n) is 13.7. The van der Waals surface area contributed by atoms with Crippen molar-refractivity contribution >= 4 is 5.91 Å². The molecule has 0 spiro atoms. The van der Waals surface area contributed by atoms with Gasteiger partial charge in [0.2, 0.25) is 5.91 Å². The number of amides is 1. The van der Waals surface area contributed by atoms with Gasteiger partial charge in [-0.3, -0.25) is 9.69 Å². The Kier molecular flexibility index (Phi) is 6.40. The third-order valence-corrected chi connectivity index (χ3v) is 4.22. The quantitative estimate of drug-likeness (QED) is 0.812. The van der Waals surface area contributed by atoms with Crippen molar-refractivity contribution in [3.8, 4) is 0 Å². The summed E-state index contributed by atoms with van der Waals surface area (Å²) in [7, 11) is 0. The second kappa shape index (κ2) is 8.30. The average Bonchev–Trinajstić information content (AvgIpc) is 2.83. The third kappa shape index (κ3) is 5.43. The Labute approximate surface area is 133 Å². The van der Waals surface area contributed by atoms with E-state index < -0.39 is 0 Å². The van der Waals surface area contributed by atoms with Gasteiger partial charge in [-0.25, -0.2) is 0 Å². The largest absolute Gasteiger partial charge is 0.392 e. The van der Waals surface area contributed by atoms with Crippen molar-refractivity contribution in [2.45, 2.75) is 51.8 Å². The van der Waals surface area contributed by atoms with E-state index in [1.54, 1.807) is 0 Å². The van der Waals surface area contributed by atoms with E-state index in [2.05, 4.69) is 36.2 Å². The molecule has 0 radical (unpaired) electrons. The predicted molar refractivity (Wildman–Crippen MR) is 88.3 cm³/mol. The Morgan fingerprint density at radius 3 is 2.77 bits per heavy atom. The van der Waals surface area contributed by atoms with Gasteiger partial charge in [0.05, 0.1) is 6.10 Å². The molecule has 4 heteroatoms. The van der Waals surface area contributed by atoms with Crippen LogP contribution in [-0.4, -0.2) is 41.1 Å². The monoisotopic (exact) mass is 304 g/mol. The molecule has 0 saturated carbocycles. The fraction of sp³-hybridized carbons (Fsp3) is 0.611. The van der Waals surface area contributed by atoms with Crippen LogP contribution in [0.15, 0.2) is 30.3 Å². The molecule has 1 aliphatic heterocycles. The molecule has 1 fully saturated rings. The average molecular weight is 304 g/mol. The van der Waals surface area contributed by atoms with Gasteiger partial charge in [-0.2, -0.15) is 0 Å². The van der Waals surface area contributed by atoms with E-state index in [0.29, 0.717) is 25.4 Å². The van der Waals surface area contributed by atoms with Crippen LogP contribution in [-0.2, 0) is 11.3 Å². The van der Waals surface area contributed by atoms with Crippen molar-refractivity contribution in [1.29, 1.82) is 0 Å². The molecule has 1 aromatic rings. The number of carbonyl (C=O) groups is 1. The van der Waals surface area contributed by atoms with Crippen LogP contribution in [0.25, 0.3) is 0 Å². The zero-order valence-corrected chi connectivity index (χ0v) is 13.7. The number of benzene rings is 1. The molecule has 2 rings (SSSR count). The summed E-state index contributed by atoms with van der Waals surface area (Å²) < 4.78 is 0. The summed E-state index contributed by atoms with van der Waals surface area (Å²) in [4.78, 5) is 14.1. The van der Waals surface area contributed by atoms with Crippen LogP contribution in [0.2, 0.25) is 0 Å². The molecule has 0 aromatic heterocycles. The highest BCUT2D eigenvalue weighted by Crippen LogP contribution is 2.20. The maximum Gasteiger partial charge on any atom is 0.220 e. The predicted octanol–water partition coefficient (Wildman–Crippen LogP) is 2.17. The van der Waals surface area contributed by atoms with E-state index in [1.165, 1.54) is 5.56 Å². The fourth-order valence-corrected chi connectivity index (χ4v) is 2.92. The zero-order chi connectivity index (χ0) is 15.9. The van der Waals surface area contributed by atoms with Crippen molar-refractivity contribution in [1.82, 2.24) is 10.2 Å². The number of carbonyl (C=O) groups excluding carboxylic acids is 1. The Balaban J connectivity index is 1.82. The lowest BCUT2D eigenvalue weighted by atomic mass is 10.1. The van der Waals surface area contributed by atoms with Crippen LogP contribution in [0.4, 0.5) is 0 Å². The first kappa shape index (κ1) is 17.0. The number of aliphatic hydroxyl groups is 1. The minimum Gasteiger partial charge on any atom is -0.392 e. The highest BCUT2D eigenvalue weighted by Gasteiger charge is 2.30. The van der Waals surface area contributed by atoms with Gasteiger partial charge in [0, 0.05) is 32.1 Å². The van der Waals surface area contributed by atoms with E-state index in [0.717, 1.165) is 19.4 Å². The molecular weight excluding hydrogens is 276 g/mol. The van der Waals surface area contributed by atoms with Gasteiger partial charge in [0.1, 0.15) is 0 Å². The van der Waals surface area contributed by atoms with Gasteiger partial charge in [0.25, 0.3) is 0 Å². The Hall–Kier alpha value is -1.39. The van der Waals surface area contributed by atoms with Crippen LogP contribution < -0.4 is 5.32 Å². The maximum absolute atomic E-state index is 11.9. The van der Waals surface area contributed by atoms with E-state index in [4.69, 9.17) is 0 Å². The number of nitrogens with one attached hydrogen (secondary N) is 1. The molecular formula is C18H28N2O2. The van der Waals surface area contributed by atoms with Crippen molar-refractivity contribution < 1.29 is 9.90 Å². The summed E-state index contributed by atoms with van der Waals surface area (Å²) in [6.45, 7) is 6.39. The first-order valence-corrected chi connectivity index (χ1v) is 8.27. The van der Waals surface area contributed by atoms with Crippen molar-refractivity contribution in [2.75, 3.05) is 13.1 Å². The summed E-state index contributed by atoms with van der Waals surface area (Å²) in [6, 6.07) is 10.5. The Morgan fingerprint density at radius 2 is 2.09 bits per heavy atom. The molecule has 2 atom stereocenters. The highest BCUT2D eigenvalue weighted by molar-refractivity contribution is 5.75. The van der Waals surface area contributed by atoms with Gasteiger partial charge in [-0.1, -0.05) is 44.2 Å². The molecule has 1 aliphatic rings. The first-order chi connectivity index (χ1) is 10.5. The van der Waals surface area contributed by atoms with Crippen molar-refractivity contribution in [3.05, 3.63) is 35.9 Å². The molecule has 0 bridgehead atoms. The summed E-state index contributed by atoms with van der Waals surface area (Å²) in [5.74, 6) is 0.670. The van der Waals surface area contributed by atoms with E-state index in [9.17, 15) is 9.90 Å². The van der Waals surface area contributed by atoms with Gasteiger partial charge < -0.3 is 10.4 Å². The van der Waals surface area contributed by atoms with E-state index >= 15 is 0 Å². The Bertz CT molecular complexity index is 461. The second-order valence-electron chi connectivity index (χ2n) is 6.69. The number of aliphatic hydroxyl groups excluding tert-OH is 1. The SMILES string of the molecule is CC(C)CCC(=O)NC[C@H]1C[C@@H](O)CN1Cc1ccccc1. The molecule has 1 aromatic carbocycles. The highest BCUT2D eigenvalue weighted by atomic mass is 16.3. The van der Waals surface area contributed by atoms with E-state index in [-0.39, 0.29) is 18.1 Å². The lowest BCUT2D eigenvalue weighted by molar-refractivity contribution is -0.121. The number of hydrogen-bond donors (Lipinski definition) is 2. The molecule has 1 heterocycles. The van der Waals surface area contributed by atoms with Crippen molar-refractivity contribution in [2.24, 2.45) is 5.92 Å². The van der Waals surface area contributed by atoms with Gasteiger partial charge in [-0.15, -0.1) is 0 Å². The molecule has 22 heavy (non-hydrogen) atoms. The lowest BCUT2D eigenvalue weighted by Gasteiger charge is -2.24. The maximum atomic E-state index is 11.9. The molecule has 1 amide bonds. The van der Waals surface area contributed by atoms with Crippen LogP contribution in [0.3, 0.4) is 0 Å². The van der Waals surface area contributed by atoms with Crippen LogP contribution >= 0.6 is 0 Å². The standard InChI is InChI=1S/C18H28N2O2/c1-14(2)8-9-18(22)19-11-16-10-17(21)13-20(16)12-15-6-4-3-5-7-15/h3-7,14,16-17,21H,8-13H2,1-2H3,(H,19,22)/t16-,17-/m1/s1. The van der Waals surface area contributed by atoms with Gasteiger partial charge >= 0.3 is 0 Å². The summed E-state index contributed by atoms with van der Waals surface area (Å²) in [5, 5.41) is 13.0. The normalized spacial score (nSPS) is 22.2. The molecule has 122 valence electrons. The van der Waals surface area contributed by atoms with Crippen LogP contribution in [0.1, 0.15) is 38.7 Å². The first-order valence-electron chi connectivity index (χ1n) is 8.27. The Morgan fingerprint density at radius 1 is 1.36 bits per heavy atom. The number of nitrogens with zero attached hydrogens (tertiary/aromatic N) is 1. The summed E-state index contributed by atoms with van der Waals surface area (Å²) >= 11 is 0. The third-order valence-electron chi connectivity index (χ3n) is 4.22. The second-order valence-corrected chi connectivity index (χ2v) is 6.69. The van der Waals surface area contributed by atoms with Gasteiger partial charge in [-0.05, 0) is 24.3 Å². The minimum absolute atomic E-state index is 0.120. The number of β-amino-alcohol motifs (C(OH)–C–C–N with tert-alkyl or cyclic N) is 1. The minimum atomic E-state index is -0.290. The molecule has 0 unspecified atom stereocenters. The smallest absolute Gasteiger partial charge is 0.220 e. The van der Waals surface area contributed by atoms with Crippen LogP contribution in [0, 0.1) is 5.92 Å². The fourth-order valence-electron chi connectivity index (χ4n) is 2.92. The summed E-state index contributed by atoms with van der Waals surface area (Å²) in [5.41, 5.74) is 1.24. The molecule has 4 nitrogen and oxygen atoms in total. The van der Waals surface area contributed by atoms with Gasteiger partial charge in [0.15, 0.2) is 0 Å². The van der Waals surface area contributed by atoms with Crippen LogP contribution in [0.5, 0.6) is 0 Å². The number of likely N-dealkylation sites (tertiary alicyclic amines) is 1. The summed E-state index contributed by atoms with van der Waals surface area (Å²) in [6.07, 6.45) is 1.96. The molecule has 2 N–H and O–H groups in total. The lowest BCUT2D eigenvalue weighted by Crippen LogP contribution is -2.39. The molecule has 0 aliphatic carbocycles. The molecule has 1 saturated heterocycles. The number of rotatable bonds is 7. The van der Waals surface area contributed by atoms with Crippen molar-refractivity contribution in [3.63, 3.8) is 0 Å².